The summed E-state index contributed by atoms with van der Waals surface area (Å²) in [5.41, 5.74) is -1.11. The highest BCUT2D eigenvalue weighted by Crippen LogP contribution is 2.45. The molecule has 2 aliphatic heterocycles. The monoisotopic (exact) mass is 456 g/mol. The molecule has 2 saturated heterocycles. The van der Waals surface area contributed by atoms with Crippen molar-refractivity contribution in [2.24, 2.45) is 5.41 Å². The Morgan fingerprint density at radius 1 is 1.45 bits per heavy atom. The smallest absolute Gasteiger partial charge is 0.313 e. The van der Waals surface area contributed by atoms with Crippen LogP contribution in [0.3, 0.4) is 0 Å². The van der Waals surface area contributed by atoms with Crippen LogP contribution in [0.4, 0.5) is 0 Å². The normalized spacial score (nSPS) is 26.0. The number of carbonyl (C=O) groups excluding carboxylic acids is 2. The molecule has 2 fully saturated rings. The molecule has 29 heavy (non-hydrogen) atoms. The molecule has 1 N–H and O–H groups in total. The molecule has 2 aromatic heterocycles. The van der Waals surface area contributed by atoms with Gasteiger partial charge in [-0.2, -0.15) is 0 Å². The zero-order valence-corrected chi connectivity index (χ0v) is 17.8. The lowest BCUT2D eigenvalue weighted by atomic mass is 9.89. The summed E-state index contributed by atoms with van der Waals surface area (Å²) >= 11 is 4.08. The molecule has 0 saturated carbocycles. The largest absolute Gasteiger partial charge is 0.481 e. The highest BCUT2D eigenvalue weighted by molar-refractivity contribution is 8.01. The lowest BCUT2D eigenvalue weighted by Gasteiger charge is -2.55. The maximum Gasteiger partial charge on any atom is 0.313 e. The van der Waals surface area contributed by atoms with Gasteiger partial charge in [0.1, 0.15) is 15.8 Å². The van der Waals surface area contributed by atoms with E-state index in [0.29, 0.717) is 10.1 Å². The zero-order chi connectivity index (χ0) is 20.8. The summed E-state index contributed by atoms with van der Waals surface area (Å²) < 4.78 is 0.699. The number of rotatable bonds is 6. The summed E-state index contributed by atoms with van der Waals surface area (Å²) in [6.07, 6.45) is 1.24. The Morgan fingerprint density at radius 3 is 2.83 bits per heavy atom. The number of β-lactam (4-membered cyclic amide) rings is 1. The van der Waals surface area contributed by atoms with E-state index in [2.05, 4.69) is 25.7 Å². The van der Waals surface area contributed by atoms with E-state index in [0.717, 1.165) is 9.80 Å². The molecule has 4 heterocycles. The Hall–Kier alpha value is -2.26. The van der Waals surface area contributed by atoms with Crippen molar-refractivity contribution >= 4 is 52.6 Å². The number of thioether (sulfide) groups is 2. The summed E-state index contributed by atoms with van der Waals surface area (Å²) in [6, 6.07) is -0.772. The van der Waals surface area contributed by atoms with Crippen molar-refractivity contribution in [2.45, 2.75) is 29.6 Å². The molecule has 2 aliphatic rings. The number of carboxylic acids is 1. The second kappa shape index (κ2) is 7.53. The van der Waals surface area contributed by atoms with Crippen LogP contribution in [0.2, 0.25) is 0 Å². The van der Waals surface area contributed by atoms with E-state index in [1.165, 1.54) is 58.0 Å². The van der Waals surface area contributed by atoms with Gasteiger partial charge in [0.2, 0.25) is 5.91 Å². The molecule has 12 nitrogen and oxygen atoms in total. The van der Waals surface area contributed by atoms with Crippen molar-refractivity contribution < 1.29 is 19.5 Å². The number of tetrazole rings is 1. The van der Waals surface area contributed by atoms with Crippen molar-refractivity contribution in [3.63, 3.8) is 0 Å². The minimum absolute atomic E-state index is 0.0709. The maximum atomic E-state index is 12.8. The molecule has 2 aromatic rings. The van der Waals surface area contributed by atoms with Gasteiger partial charge in [-0.3, -0.25) is 14.4 Å². The third-order valence-corrected chi connectivity index (χ3v) is 8.53. The summed E-state index contributed by atoms with van der Waals surface area (Å²) in [4.78, 5) is 39.7. The first-order valence-electron chi connectivity index (χ1n) is 8.44. The van der Waals surface area contributed by atoms with Crippen molar-refractivity contribution in [1.29, 1.82) is 0 Å². The van der Waals surface area contributed by atoms with E-state index in [4.69, 9.17) is 0 Å². The highest BCUT2D eigenvalue weighted by atomic mass is 32.2. The Balaban J connectivity index is 1.50. The summed E-state index contributed by atoms with van der Waals surface area (Å²) in [7, 11) is 0. The van der Waals surface area contributed by atoms with Crippen LogP contribution in [0.5, 0.6) is 0 Å². The number of aromatic nitrogens is 6. The lowest BCUT2D eigenvalue weighted by molar-refractivity contribution is -0.157. The van der Waals surface area contributed by atoms with Crippen molar-refractivity contribution in [3.8, 4) is 0 Å². The summed E-state index contributed by atoms with van der Waals surface area (Å²) in [5, 5.41) is 30.3. The first-order chi connectivity index (χ1) is 13.8. The Labute approximate surface area is 177 Å². The van der Waals surface area contributed by atoms with E-state index in [1.54, 1.807) is 0 Å². The SMILES string of the molecule is CC(=O)N(C1C(=O)N2CC(CSc3nnc(C)s3)(C(=O)O)CS[C@H]12)n1cnnn1. The van der Waals surface area contributed by atoms with Gasteiger partial charge < -0.3 is 10.0 Å². The molecule has 4 rings (SSSR count). The molecule has 0 bridgehead atoms. The minimum Gasteiger partial charge on any atom is -0.481 e. The topological polar surface area (TPSA) is 147 Å². The second-order valence-corrected chi connectivity index (χ2v) is 10.2. The third-order valence-electron chi connectivity index (χ3n) is 4.69. The molecule has 15 heteroatoms. The molecule has 2 unspecified atom stereocenters. The molecule has 0 aromatic carbocycles. The molecule has 154 valence electrons. The van der Waals surface area contributed by atoms with Crippen molar-refractivity contribution in [1.82, 2.24) is 35.4 Å². The highest BCUT2D eigenvalue weighted by Gasteiger charge is 2.60. The number of hydrogen-bond acceptors (Lipinski definition) is 11. The number of aryl methyl sites for hydroxylation is 1. The number of carbonyl (C=O) groups is 3. The molecular weight excluding hydrogens is 440 g/mol. The summed E-state index contributed by atoms with van der Waals surface area (Å²) in [5.74, 6) is -1.09. The first-order valence-corrected chi connectivity index (χ1v) is 11.3. The van der Waals surface area contributed by atoms with Crippen LogP contribution in [0, 0.1) is 12.3 Å². The van der Waals surface area contributed by atoms with Gasteiger partial charge in [0, 0.05) is 25.0 Å². The Bertz CT molecular complexity index is 953. The molecular formula is C14H16N8O4S3. The fourth-order valence-corrected chi connectivity index (χ4v) is 6.95. The molecule has 2 amide bonds. The van der Waals surface area contributed by atoms with E-state index < -0.39 is 17.4 Å². The maximum absolute atomic E-state index is 12.8. The Morgan fingerprint density at radius 2 is 2.24 bits per heavy atom. The molecule has 0 spiro atoms. The number of aliphatic carboxylic acids is 1. The number of nitrogens with zero attached hydrogens (tertiary/aromatic N) is 8. The zero-order valence-electron chi connectivity index (χ0n) is 15.3. The van der Waals surface area contributed by atoms with E-state index >= 15 is 0 Å². The van der Waals surface area contributed by atoms with Gasteiger partial charge in [-0.25, -0.2) is 5.01 Å². The van der Waals surface area contributed by atoms with Crippen molar-refractivity contribution in [3.05, 3.63) is 11.3 Å². The molecule has 3 atom stereocenters. The average Bonchev–Trinajstić information content (AvgIpc) is 3.35. The predicted octanol–water partition coefficient (Wildman–Crippen LogP) is -0.535. The van der Waals surface area contributed by atoms with Crippen molar-refractivity contribution in [2.75, 3.05) is 23.1 Å². The van der Waals surface area contributed by atoms with Gasteiger partial charge in [-0.05, 0) is 17.4 Å². The standard InChI is InChI=1S/C14H16N8O4S3/c1-7-16-17-13(29-7)28-5-14(12(25)26)3-20-10(24)9(11(20)27-4-14)22(8(2)23)21-6-15-18-19-21/h6,9,11H,3-5H2,1-2H3,(H,25,26)/t9?,11-,14?/m1/s1. The third kappa shape index (κ3) is 3.46. The number of amides is 2. The van der Waals surface area contributed by atoms with Gasteiger partial charge in [-0.1, -0.05) is 23.1 Å². The summed E-state index contributed by atoms with van der Waals surface area (Å²) in [6.45, 7) is 3.23. The van der Waals surface area contributed by atoms with Crippen LogP contribution < -0.4 is 5.01 Å². The van der Waals surface area contributed by atoms with Gasteiger partial charge in [0.05, 0.1) is 0 Å². The van der Waals surface area contributed by atoms with Gasteiger partial charge in [-0.15, -0.1) is 31.8 Å². The van der Waals surface area contributed by atoms with Crippen LogP contribution in [-0.4, -0.2) is 87.8 Å². The fraction of sp³-hybridized carbons (Fsp3) is 0.571. The fourth-order valence-electron chi connectivity index (χ4n) is 3.23. The quantitative estimate of drug-likeness (QED) is 0.441. The first kappa shape index (κ1) is 20.0. The van der Waals surface area contributed by atoms with Crippen LogP contribution in [-0.2, 0) is 14.4 Å². The van der Waals surface area contributed by atoms with Crippen LogP contribution in [0.25, 0.3) is 0 Å². The van der Waals surface area contributed by atoms with E-state index in [1.807, 2.05) is 6.92 Å². The van der Waals surface area contributed by atoms with Gasteiger partial charge in [0.15, 0.2) is 16.7 Å². The van der Waals surface area contributed by atoms with E-state index in [-0.39, 0.29) is 29.5 Å². The number of fused-ring (bicyclic) bond motifs is 1. The number of carboxylic acid groups (broad SMARTS) is 1. The minimum atomic E-state index is -1.11. The van der Waals surface area contributed by atoms with Crippen LogP contribution in [0.15, 0.2) is 10.7 Å². The van der Waals surface area contributed by atoms with Gasteiger partial charge in [0.25, 0.3) is 5.91 Å². The second-order valence-electron chi connectivity index (χ2n) is 6.67. The lowest BCUT2D eigenvalue weighted by Crippen LogP contribution is -2.76. The average molecular weight is 457 g/mol. The predicted molar refractivity (Wildman–Crippen MR) is 104 cm³/mol. The van der Waals surface area contributed by atoms with Gasteiger partial charge >= 0.3 is 5.97 Å². The Kier molecular flexibility index (Phi) is 5.20. The van der Waals surface area contributed by atoms with Crippen LogP contribution in [0.1, 0.15) is 11.9 Å². The van der Waals surface area contributed by atoms with Crippen LogP contribution >= 0.6 is 34.9 Å². The van der Waals surface area contributed by atoms with E-state index in [9.17, 15) is 19.5 Å². The number of hydrogen-bond donors (Lipinski definition) is 1. The molecule has 0 aliphatic carbocycles. The molecule has 0 radical (unpaired) electrons.